The molecule has 0 aliphatic heterocycles. The number of hydrogen-bond acceptors (Lipinski definition) is 3. The SMILES string of the molecule is CC(C)c1ccc2ccccc2c1OS(=O)(=O)O. The predicted molar refractivity (Wildman–Crippen MR) is 70.2 cm³/mol. The molecule has 0 amide bonds. The van der Waals surface area contributed by atoms with Crippen molar-refractivity contribution in [3.63, 3.8) is 0 Å². The largest absolute Gasteiger partial charge is 0.446 e. The molecular weight excluding hydrogens is 252 g/mol. The molecule has 5 heteroatoms. The van der Waals surface area contributed by atoms with Gasteiger partial charge >= 0.3 is 10.4 Å². The molecule has 2 rings (SSSR count). The molecule has 0 atom stereocenters. The number of benzene rings is 2. The third-order valence-electron chi connectivity index (χ3n) is 2.72. The van der Waals surface area contributed by atoms with Crippen LogP contribution in [-0.4, -0.2) is 13.0 Å². The summed E-state index contributed by atoms with van der Waals surface area (Å²) in [5.41, 5.74) is 0.742. The molecule has 0 saturated carbocycles. The molecule has 2 aromatic carbocycles. The number of hydrogen-bond donors (Lipinski definition) is 1. The molecule has 0 aromatic heterocycles. The average Bonchev–Trinajstić information content (AvgIpc) is 2.27. The van der Waals surface area contributed by atoms with E-state index in [1.54, 1.807) is 12.1 Å². The standard InChI is InChI=1S/C13H14O4S/c1-9(2)11-8-7-10-5-3-4-6-12(10)13(11)17-18(14,15)16/h3-9H,1-2H3,(H,14,15,16). The van der Waals surface area contributed by atoms with Crippen molar-refractivity contribution in [1.82, 2.24) is 0 Å². The molecule has 1 N–H and O–H groups in total. The van der Waals surface area contributed by atoms with Crippen molar-refractivity contribution in [1.29, 1.82) is 0 Å². The summed E-state index contributed by atoms with van der Waals surface area (Å²) < 4.78 is 35.5. The maximum Gasteiger partial charge on any atom is 0.446 e. The predicted octanol–water partition coefficient (Wildman–Crippen LogP) is 3.14. The lowest BCUT2D eigenvalue weighted by Gasteiger charge is -2.14. The Labute approximate surface area is 106 Å². The summed E-state index contributed by atoms with van der Waals surface area (Å²) in [4.78, 5) is 0. The third-order valence-corrected chi connectivity index (χ3v) is 3.10. The van der Waals surface area contributed by atoms with Gasteiger partial charge in [-0.2, -0.15) is 8.42 Å². The molecule has 0 spiro atoms. The van der Waals surface area contributed by atoms with Gasteiger partial charge in [-0.05, 0) is 16.9 Å². The van der Waals surface area contributed by atoms with E-state index in [-0.39, 0.29) is 11.7 Å². The first-order valence-electron chi connectivity index (χ1n) is 5.57. The molecule has 0 aliphatic rings. The van der Waals surface area contributed by atoms with Crippen molar-refractivity contribution in [2.75, 3.05) is 0 Å². The highest BCUT2D eigenvalue weighted by atomic mass is 32.3. The lowest BCUT2D eigenvalue weighted by atomic mass is 9.98. The van der Waals surface area contributed by atoms with E-state index in [1.165, 1.54) is 0 Å². The zero-order chi connectivity index (χ0) is 13.3. The molecular formula is C13H14O4S. The van der Waals surface area contributed by atoms with Crippen molar-refractivity contribution in [3.8, 4) is 5.75 Å². The Morgan fingerprint density at radius 2 is 1.78 bits per heavy atom. The van der Waals surface area contributed by atoms with Gasteiger partial charge in [-0.25, -0.2) is 0 Å². The maximum atomic E-state index is 11.0. The van der Waals surface area contributed by atoms with Gasteiger partial charge in [0.25, 0.3) is 0 Å². The first-order chi connectivity index (χ1) is 8.38. The van der Waals surface area contributed by atoms with Gasteiger partial charge in [-0.3, -0.25) is 4.55 Å². The monoisotopic (exact) mass is 266 g/mol. The van der Waals surface area contributed by atoms with Crippen LogP contribution in [0.1, 0.15) is 25.3 Å². The van der Waals surface area contributed by atoms with E-state index in [1.807, 2.05) is 38.1 Å². The van der Waals surface area contributed by atoms with Gasteiger partial charge in [0.05, 0.1) is 0 Å². The first kappa shape index (κ1) is 12.9. The van der Waals surface area contributed by atoms with E-state index >= 15 is 0 Å². The van der Waals surface area contributed by atoms with Crippen LogP contribution in [0.2, 0.25) is 0 Å². The Kier molecular flexibility index (Phi) is 3.28. The molecule has 0 unspecified atom stereocenters. The van der Waals surface area contributed by atoms with Crippen LogP contribution in [0.25, 0.3) is 10.8 Å². The summed E-state index contributed by atoms with van der Waals surface area (Å²) in [5, 5.41) is 1.53. The fourth-order valence-electron chi connectivity index (χ4n) is 1.91. The Bertz CT molecular complexity index is 674. The van der Waals surface area contributed by atoms with Crippen molar-refractivity contribution >= 4 is 21.2 Å². The Balaban J connectivity index is 2.74. The summed E-state index contributed by atoms with van der Waals surface area (Å²) in [6.45, 7) is 3.86. The fourth-order valence-corrected chi connectivity index (χ4v) is 2.31. The molecule has 0 bridgehead atoms. The molecule has 0 heterocycles. The van der Waals surface area contributed by atoms with Crippen molar-refractivity contribution in [2.45, 2.75) is 19.8 Å². The minimum absolute atomic E-state index is 0.0892. The van der Waals surface area contributed by atoms with Crippen molar-refractivity contribution in [3.05, 3.63) is 42.0 Å². The van der Waals surface area contributed by atoms with E-state index in [0.29, 0.717) is 5.39 Å². The second-order valence-corrected chi connectivity index (χ2v) is 5.39. The zero-order valence-electron chi connectivity index (χ0n) is 10.1. The summed E-state index contributed by atoms with van der Waals surface area (Å²) in [5.74, 6) is 0.289. The van der Waals surface area contributed by atoms with E-state index in [9.17, 15) is 8.42 Å². The molecule has 4 nitrogen and oxygen atoms in total. The normalized spacial score (nSPS) is 12.0. The molecule has 96 valence electrons. The average molecular weight is 266 g/mol. The molecule has 18 heavy (non-hydrogen) atoms. The second kappa shape index (κ2) is 4.59. The summed E-state index contributed by atoms with van der Waals surface area (Å²) >= 11 is 0. The van der Waals surface area contributed by atoms with Gasteiger partial charge in [0.15, 0.2) is 5.75 Å². The number of rotatable bonds is 3. The fraction of sp³-hybridized carbons (Fsp3) is 0.231. The highest BCUT2D eigenvalue weighted by Gasteiger charge is 2.17. The molecule has 0 radical (unpaired) electrons. The molecule has 0 saturated heterocycles. The minimum Gasteiger partial charge on any atom is -0.361 e. The summed E-state index contributed by atoms with van der Waals surface area (Å²) in [6, 6.07) is 11.0. The van der Waals surface area contributed by atoms with Crippen LogP contribution in [0.3, 0.4) is 0 Å². The maximum absolute atomic E-state index is 11.0. The Morgan fingerprint density at radius 1 is 1.11 bits per heavy atom. The van der Waals surface area contributed by atoms with E-state index in [2.05, 4.69) is 0 Å². The second-order valence-electron chi connectivity index (χ2n) is 4.37. The van der Waals surface area contributed by atoms with E-state index in [4.69, 9.17) is 8.74 Å². The highest BCUT2D eigenvalue weighted by Crippen LogP contribution is 2.34. The van der Waals surface area contributed by atoms with Gasteiger partial charge in [0.2, 0.25) is 0 Å². The van der Waals surface area contributed by atoms with E-state index < -0.39 is 10.4 Å². The number of fused-ring (bicyclic) bond motifs is 1. The van der Waals surface area contributed by atoms with Gasteiger partial charge in [-0.1, -0.05) is 50.2 Å². The third kappa shape index (κ3) is 2.63. The minimum atomic E-state index is -4.52. The Morgan fingerprint density at radius 3 is 2.39 bits per heavy atom. The van der Waals surface area contributed by atoms with Crippen LogP contribution >= 0.6 is 0 Å². The van der Waals surface area contributed by atoms with Crippen LogP contribution < -0.4 is 4.18 Å². The zero-order valence-corrected chi connectivity index (χ0v) is 10.9. The highest BCUT2D eigenvalue weighted by molar-refractivity contribution is 7.81. The topological polar surface area (TPSA) is 63.6 Å². The quantitative estimate of drug-likeness (QED) is 0.867. The van der Waals surface area contributed by atoms with Crippen molar-refractivity contribution < 1.29 is 17.2 Å². The lowest BCUT2D eigenvalue weighted by molar-refractivity contribution is 0.386. The Hall–Kier alpha value is -1.59. The van der Waals surface area contributed by atoms with Crippen molar-refractivity contribution in [2.24, 2.45) is 0 Å². The lowest BCUT2D eigenvalue weighted by Crippen LogP contribution is -2.09. The van der Waals surface area contributed by atoms with Gasteiger partial charge in [0.1, 0.15) is 0 Å². The van der Waals surface area contributed by atoms with Crippen LogP contribution in [0.5, 0.6) is 5.75 Å². The summed E-state index contributed by atoms with van der Waals surface area (Å²) in [7, 11) is -4.52. The van der Waals surface area contributed by atoms with Gasteiger partial charge < -0.3 is 4.18 Å². The van der Waals surface area contributed by atoms with Crippen LogP contribution in [0.15, 0.2) is 36.4 Å². The van der Waals surface area contributed by atoms with Crippen LogP contribution in [0, 0.1) is 0 Å². The van der Waals surface area contributed by atoms with Gasteiger partial charge in [0, 0.05) is 5.39 Å². The smallest absolute Gasteiger partial charge is 0.361 e. The summed E-state index contributed by atoms with van der Waals surface area (Å²) in [6.07, 6.45) is 0. The molecule has 0 aliphatic carbocycles. The van der Waals surface area contributed by atoms with Crippen LogP contribution in [-0.2, 0) is 10.4 Å². The van der Waals surface area contributed by atoms with Gasteiger partial charge in [-0.15, -0.1) is 0 Å². The van der Waals surface area contributed by atoms with E-state index in [0.717, 1.165) is 10.9 Å². The molecule has 0 fully saturated rings. The van der Waals surface area contributed by atoms with Crippen LogP contribution in [0.4, 0.5) is 0 Å². The molecule has 2 aromatic rings. The first-order valence-corrected chi connectivity index (χ1v) is 6.93.